The monoisotopic (exact) mass is 686 g/mol. The summed E-state index contributed by atoms with van der Waals surface area (Å²) in [5.41, 5.74) is 15.1. The second kappa shape index (κ2) is 14.3. The van der Waals surface area contributed by atoms with Crippen molar-refractivity contribution in [3.05, 3.63) is 169 Å². The summed E-state index contributed by atoms with van der Waals surface area (Å²) >= 11 is 0. The van der Waals surface area contributed by atoms with Gasteiger partial charge in [-0.1, -0.05) is 142 Å². The van der Waals surface area contributed by atoms with Gasteiger partial charge in [0, 0.05) is 32.9 Å². The Morgan fingerprint density at radius 2 is 0.774 bits per heavy atom. The number of rotatable bonds is 11. The standard InChI is InChI=1S/C51H46N2/c1-3-5-9-15-37-21-33-49-47(35-37)45-31-30-44-46-34-36(14-6-4-2)20-32-48(46)52(42-26-22-40(23-27-42)38-16-10-7-11-17-38)50(44)51(45)53(49)43-28-24-41(25-29-43)39-18-12-8-13-19-39/h7-8,10-13,16-35H,3-6,9,14-15H2,1-2H3. The van der Waals surface area contributed by atoms with Gasteiger partial charge in [-0.2, -0.15) is 0 Å². The number of unbranched alkanes of at least 4 members (excludes halogenated alkanes) is 3. The average molecular weight is 687 g/mol. The minimum atomic E-state index is 1.10. The zero-order valence-corrected chi connectivity index (χ0v) is 30.9. The first-order valence-corrected chi connectivity index (χ1v) is 19.6. The SMILES string of the molecule is CCCCCc1ccc2c(c1)c1ccc3c4cc(CCCC)ccc4n(-c4ccc(-c5ccccc5)cc4)c3c1n2-c1ccc(-c2ccccc2)cc1. The number of nitrogens with zero attached hydrogens (tertiary/aromatic N) is 2. The Morgan fingerprint density at radius 1 is 0.358 bits per heavy atom. The van der Waals surface area contributed by atoms with Crippen molar-refractivity contribution < 1.29 is 0 Å². The third-order valence-electron chi connectivity index (χ3n) is 11.1. The molecule has 0 aliphatic carbocycles. The quantitative estimate of drug-likeness (QED) is 0.120. The molecule has 0 unspecified atom stereocenters. The minimum absolute atomic E-state index is 1.10. The van der Waals surface area contributed by atoms with Gasteiger partial charge < -0.3 is 9.13 Å². The van der Waals surface area contributed by atoms with E-state index < -0.39 is 0 Å². The summed E-state index contributed by atoms with van der Waals surface area (Å²) in [4.78, 5) is 0. The first-order chi connectivity index (χ1) is 26.2. The topological polar surface area (TPSA) is 9.86 Å². The lowest BCUT2D eigenvalue weighted by atomic mass is 10.0. The number of hydrogen-bond donors (Lipinski definition) is 0. The maximum atomic E-state index is 2.53. The van der Waals surface area contributed by atoms with Crippen LogP contribution in [0.3, 0.4) is 0 Å². The van der Waals surface area contributed by atoms with Crippen LogP contribution in [0.5, 0.6) is 0 Å². The van der Waals surface area contributed by atoms with E-state index in [1.165, 1.54) is 120 Å². The molecule has 2 heterocycles. The van der Waals surface area contributed by atoms with Gasteiger partial charge in [-0.05, 0) is 108 Å². The lowest BCUT2D eigenvalue weighted by molar-refractivity contribution is 0.718. The van der Waals surface area contributed by atoms with E-state index >= 15 is 0 Å². The molecule has 53 heavy (non-hydrogen) atoms. The second-order valence-electron chi connectivity index (χ2n) is 14.6. The number of aromatic nitrogens is 2. The summed E-state index contributed by atoms with van der Waals surface area (Å²) in [6.45, 7) is 4.56. The van der Waals surface area contributed by atoms with Crippen molar-refractivity contribution in [2.24, 2.45) is 0 Å². The van der Waals surface area contributed by atoms with Gasteiger partial charge in [0.1, 0.15) is 0 Å². The van der Waals surface area contributed by atoms with Gasteiger partial charge in [0.15, 0.2) is 0 Å². The van der Waals surface area contributed by atoms with E-state index in [0.717, 1.165) is 12.8 Å². The Hall–Kier alpha value is -5.86. The summed E-state index contributed by atoms with van der Waals surface area (Å²) in [5, 5.41) is 5.24. The summed E-state index contributed by atoms with van der Waals surface area (Å²) in [6.07, 6.45) is 8.31. The van der Waals surface area contributed by atoms with E-state index in [1.54, 1.807) is 0 Å². The van der Waals surface area contributed by atoms with E-state index in [-0.39, 0.29) is 0 Å². The molecule has 7 aromatic carbocycles. The smallest absolute Gasteiger partial charge is 0.0788 e. The van der Waals surface area contributed by atoms with Crippen molar-refractivity contribution >= 4 is 43.6 Å². The van der Waals surface area contributed by atoms with Crippen molar-refractivity contribution in [3.8, 4) is 33.6 Å². The third kappa shape index (κ3) is 6.03. The molecular weight excluding hydrogens is 641 g/mol. The van der Waals surface area contributed by atoms with Crippen molar-refractivity contribution in [2.45, 2.75) is 58.8 Å². The molecule has 0 atom stereocenters. The highest BCUT2D eigenvalue weighted by molar-refractivity contribution is 6.24. The zero-order valence-electron chi connectivity index (χ0n) is 30.9. The van der Waals surface area contributed by atoms with Gasteiger partial charge in [0.05, 0.1) is 22.1 Å². The molecule has 0 saturated carbocycles. The fourth-order valence-electron chi connectivity index (χ4n) is 8.37. The molecule has 0 fully saturated rings. The highest BCUT2D eigenvalue weighted by atomic mass is 15.0. The van der Waals surface area contributed by atoms with Crippen LogP contribution in [0.25, 0.3) is 77.2 Å². The number of benzene rings is 7. The zero-order chi connectivity index (χ0) is 35.7. The number of aryl methyl sites for hydroxylation is 2. The first kappa shape index (κ1) is 33.0. The highest BCUT2D eigenvalue weighted by Gasteiger charge is 2.22. The Labute approximate surface area is 313 Å². The molecule has 9 rings (SSSR count). The number of fused-ring (bicyclic) bond motifs is 7. The highest BCUT2D eigenvalue weighted by Crippen LogP contribution is 2.43. The molecule has 0 N–H and O–H groups in total. The van der Waals surface area contributed by atoms with Crippen molar-refractivity contribution in [2.75, 3.05) is 0 Å². The molecule has 0 spiro atoms. The van der Waals surface area contributed by atoms with Crippen LogP contribution < -0.4 is 0 Å². The largest absolute Gasteiger partial charge is 0.307 e. The maximum Gasteiger partial charge on any atom is 0.0788 e. The second-order valence-corrected chi connectivity index (χ2v) is 14.6. The van der Waals surface area contributed by atoms with Gasteiger partial charge in [-0.25, -0.2) is 0 Å². The van der Waals surface area contributed by atoms with Crippen LogP contribution in [0, 0.1) is 0 Å². The van der Waals surface area contributed by atoms with E-state index in [4.69, 9.17) is 0 Å². The lowest BCUT2D eigenvalue weighted by Crippen LogP contribution is -1.99. The molecule has 2 nitrogen and oxygen atoms in total. The third-order valence-corrected chi connectivity index (χ3v) is 11.1. The molecule has 9 aromatic rings. The summed E-state index contributed by atoms with van der Waals surface area (Å²) < 4.78 is 5.06. The van der Waals surface area contributed by atoms with Crippen LogP contribution in [-0.2, 0) is 12.8 Å². The Bertz CT molecular complexity index is 2680. The Balaban J connectivity index is 1.34. The molecule has 0 amide bonds. The molecule has 0 bridgehead atoms. The molecule has 2 aromatic heterocycles. The van der Waals surface area contributed by atoms with E-state index in [1.807, 2.05) is 0 Å². The lowest BCUT2D eigenvalue weighted by Gasteiger charge is -2.14. The summed E-state index contributed by atoms with van der Waals surface area (Å²) in [5.74, 6) is 0. The predicted molar refractivity (Wildman–Crippen MR) is 228 cm³/mol. The van der Waals surface area contributed by atoms with E-state index in [2.05, 4.69) is 181 Å². The molecule has 0 radical (unpaired) electrons. The maximum absolute atomic E-state index is 2.53. The van der Waals surface area contributed by atoms with Gasteiger partial charge in [-0.3, -0.25) is 0 Å². The minimum Gasteiger partial charge on any atom is -0.307 e. The molecule has 2 heteroatoms. The van der Waals surface area contributed by atoms with Crippen molar-refractivity contribution in [1.82, 2.24) is 9.13 Å². The molecule has 0 aliphatic heterocycles. The molecular formula is C51H46N2. The number of hydrogen-bond acceptors (Lipinski definition) is 0. The van der Waals surface area contributed by atoms with Gasteiger partial charge >= 0.3 is 0 Å². The molecule has 0 aliphatic rings. The van der Waals surface area contributed by atoms with Crippen LogP contribution in [0.2, 0.25) is 0 Å². The fourth-order valence-corrected chi connectivity index (χ4v) is 8.37. The fraction of sp³-hybridized carbons (Fsp3) is 0.176. The van der Waals surface area contributed by atoms with Gasteiger partial charge in [0.2, 0.25) is 0 Å². The Morgan fingerprint density at radius 3 is 1.21 bits per heavy atom. The normalized spacial score (nSPS) is 11.7. The van der Waals surface area contributed by atoms with Gasteiger partial charge in [-0.15, -0.1) is 0 Å². The van der Waals surface area contributed by atoms with Crippen molar-refractivity contribution in [3.63, 3.8) is 0 Å². The van der Waals surface area contributed by atoms with Crippen molar-refractivity contribution in [1.29, 1.82) is 0 Å². The van der Waals surface area contributed by atoms with Crippen LogP contribution in [0.1, 0.15) is 57.1 Å². The van der Waals surface area contributed by atoms with Crippen LogP contribution in [0.15, 0.2) is 158 Å². The predicted octanol–water partition coefficient (Wildman–Crippen LogP) is 14.3. The molecule has 0 saturated heterocycles. The van der Waals surface area contributed by atoms with Crippen LogP contribution in [-0.4, -0.2) is 9.13 Å². The van der Waals surface area contributed by atoms with Gasteiger partial charge in [0.25, 0.3) is 0 Å². The van der Waals surface area contributed by atoms with Crippen LogP contribution >= 0.6 is 0 Å². The first-order valence-electron chi connectivity index (χ1n) is 19.6. The molecule has 260 valence electrons. The summed E-state index contributed by atoms with van der Waals surface area (Å²) in [7, 11) is 0. The summed E-state index contributed by atoms with van der Waals surface area (Å²) in [6, 6.07) is 58.9. The van der Waals surface area contributed by atoms with E-state index in [9.17, 15) is 0 Å². The Kier molecular flexibility index (Phi) is 8.89. The average Bonchev–Trinajstić information content (AvgIpc) is 3.73. The van der Waals surface area contributed by atoms with Crippen LogP contribution in [0.4, 0.5) is 0 Å². The van der Waals surface area contributed by atoms with E-state index in [0.29, 0.717) is 0 Å².